The Morgan fingerprint density at radius 3 is 1.66 bits per heavy atom. The second kappa shape index (κ2) is 17.2. The smallest absolute Gasteiger partial charge is 0.338 e. The molecule has 0 aliphatic carbocycles. The maximum absolute atomic E-state index is 12.7. The van der Waals surface area contributed by atoms with E-state index >= 15 is 0 Å². The molecule has 7 rings (SSSR count). The monoisotopic (exact) mass is 868 g/mol. The molecular formula is C35H60N6O15S2. The minimum absolute atomic E-state index is 0.102. The summed E-state index contributed by atoms with van der Waals surface area (Å²) in [4.78, 5) is 17.6. The van der Waals surface area contributed by atoms with Gasteiger partial charge in [-0.05, 0) is 73.6 Å². The molecule has 58 heavy (non-hydrogen) atoms. The van der Waals surface area contributed by atoms with Crippen molar-refractivity contribution in [1.82, 2.24) is 18.8 Å². The van der Waals surface area contributed by atoms with E-state index in [4.69, 9.17) is 49.1 Å². The molecule has 7 fully saturated rings. The fourth-order valence-electron chi connectivity index (χ4n) is 8.01. The predicted octanol–water partition coefficient (Wildman–Crippen LogP) is -0.905. The van der Waals surface area contributed by atoms with Crippen molar-refractivity contribution in [2.45, 2.75) is 158 Å². The molecular weight excluding hydrogens is 809 g/mol. The van der Waals surface area contributed by atoms with Crippen molar-refractivity contribution < 1.29 is 68.6 Å². The number of carbonyl (C=O) groups excluding carboxylic acids is 1. The number of nitrogens with zero attached hydrogens (tertiary/aromatic N) is 4. The number of hydrogen-bond acceptors (Lipinski definition) is 17. The number of piperidine rings is 2. The summed E-state index contributed by atoms with van der Waals surface area (Å²) in [5.41, 5.74) is 5.25. The zero-order valence-corrected chi connectivity index (χ0v) is 35.6. The van der Waals surface area contributed by atoms with Crippen LogP contribution < -0.4 is 11.1 Å². The van der Waals surface area contributed by atoms with Gasteiger partial charge in [-0.25, -0.2) is 6.57 Å². The topological polar surface area (TPSA) is 252 Å². The minimum atomic E-state index is -4.02. The third kappa shape index (κ3) is 10.7. The average Bonchev–Trinajstić information content (AvgIpc) is 3.93. The molecule has 0 aromatic carbocycles. The van der Waals surface area contributed by atoms with Crippen LogP contribution in [0.1, 0.15) is 80.1 Å². The van der Waals surface area contributed by atoms with Crippen molar-refractivity contribution in [3.63, 3.8) is 0 Å². The van der Waals surface area contributed by atoms with Gasteiger partial charge in [0.05, 0.1) is 19.8 Å². The molecule has 7 heterocycles. The summed E-state index contributed by atoms with van der Waals surface area (Å²) in [6.45, 7) is 19.1. The number of amides is 1. The predicted molar refractivity (Wildman–Crippen MR) is 201 cm³/mol. The van der Waals surface area contributed by atoms with E-state index in [2.05, 4.69) is 10.2 Å². The molecule has 0 bridgehead atoms. The molecule has 0 aromatic heterocycles. The van der Waals surface area contributed by atoms with E-state index in [1.54, 1.807) is 32.6 Å². The Morgan fingerprint density at radius 1 is 0.776 bits per heavy atom. The lowest BCUT2D eigenvalue weighted by Crippen LogP contribution is -2.55. The zero-order chi connectivity index (χ0) is 42.5. The van der Waals surface area contributed by atoms with Crippen LogP contribution in [-0.2, 0) is 62.2 Å². The van der Waals surface area contributed by atoms with E-state index in [1.807, 2.05) is 13.8 Å². The fraction of sp³-hybridized carbons (Fsp3) is 0.943. The first-order chi connectivity index (χ1) is 26.9. The Kier molecular flexibility index (Phi) is 13.6. The van der Waals surface area contributed by atoms with Crippen molar-refractivity contribution in [3.05, 3.63) is 11.4 Å². The van der Waals surface area contributed by atoms with Crippen molar-refractivity contribution in [1.29, 1.82) is 0 Å². The van der Waals surface area contributed by atoms with Crippen LogP contribution in [0.5, 0.6) is 0 Å². The summed E-state index contributed by atoms with van der Waals surface area (Å²) in [6, 6.07) is 0. The van der Waals surface area contributed by atoms with Crippen LogP contribution >= 0.6 is 0 Å². The molecule has 7 aliphatic heterocycles. The molecule has 21 nitrogen and oxygen atoms in total. The molecule has 9 atom stereocenters. The van der Waals surface area contributed by atoms with Crippen molar-refractivity contribution in [2.75, 3.05) is 52.5 Å². The van der Waals surface area contributed by atoms with Crippen molar-refractivity contribution in [2.24, 2.45) is 5.73 Å². The van der Waals surface area contributed by atoms with E-state index in [-0.39, 0.29) is 50.5 Å². The summed E-state index contributed by atoms with van der Waals surface area (Å²) in [6.07, 6.45) is -3.31. The third-order valence-corrected chi connectivity index (χ3v) is 14.5. The lowest BCUT2D eigenvalue weighted by Gasteiger charge is -2.39. The summed E-state index contributed by atoms with van der Waals surface area (Å²) < 4.78 is 96.1. The fourth-order valence-corrected chi connectivity index (χ4v) is 10.2. The standard InChI is InChI=1S/C21H34N4O8S.C14H26N2O7S/c1-20(2)32-18-17(27)14(31-19(18)33-20)13-30-34(28,29)24-10-7-21(3,8-11-24)23-12-16(26)25-9-5-6-15(25)22-4;1-13(2)22-11-10(17)9(21-12(11)23-13)8-20-24(18,19)16-6-4-14(3,15)5-7-16/h14-15,17-19,23,27H,5-13H2,1-3H3;9-12,17H,4-8,15H2,1-3H3/t14-,15+,17+,18-,19-;9-,10+,11-,12-/m11/s1. The highest BCUT2D eigenvalue weighted by Gasteiger charge is 2.56. The first kappa shape index (κ1) is 45.8. The molecule has 332 valence electrons. The van der Waals surface area contributed by atoms with Gasteiger partial charge >= 0.3 is 26.8 Å². The quantitative estimate of drug-likeness (QED) is 0.184. The van der Waals surface area contributed by atoms with E-state index in [0.29, 0.717) is 51.7 Å². The summed E-state index contributed by atoms with van der Waals surface area (Å²) in [7, 11) is -7.91. The van der Waals surface area contributed by atoms with Crippen LogP contribution in [0.2, 0.25) is 0 Å². The maximum Gasteiger partial charge on any atom is 0.338 e. The summed E-state index contributed by atoms with van der Waals surface area (Å²) in [5, 5.41) is 23.9. The number of aliphatic hydroxyl groups is 2. The van der Waals surface area contributed by atoms with Gasteiger partial charge < -0.3 is 49.7 Å². The number of carbonyl (C=O) groups is 1. The van der Waals surface area contributed by atoms with Crippen LogP contribution in [0, 0.1) is 6.57 Å². The molecule has 0 aromatic rings. The van der Waals surface area contributed by atoms with Gasteiger partial charge in [0.2, 0.25) is 5.91 Å². The molecule has 0 spiro atoms. The third-order valence-electron chi connectivity index (χ3n) is 11.7. The van der Waals surface area contributed by atoms with Gasteiger partial charge in [0.15, 0.2) is 24.2 Å². The van der Waals surface area contributed by atoms with E-state index in [0.717, 1.165) is 6.42 Å². The number of ether oxygens (including phenoxy) is 6. The summed E-state index contributed by atoms with van der Waals surface area (Å²) in [5.74, 6) is -1.81. The molecule has 7 saturated heterocycles. The van der Waals surface area contributed by atoms with Crippen LogP contribution in [0.15, 0.2) is 0 Å². The van der Waals surface area contributed by atoms with E-state index < -0.39 is 86.9 Å². The Balaban J connectivity index is 0.000000208. The van der Waals surface area contributed by atoms with Crippen LogP contribution in [0.25, 0.3) is 4.85 Å². The Morgan fingerprint density at radius 2 is 1.22 bits per heavy atom. The minimum Gasteiger partial charge on any atom is -0.387 e. The highest BCUT2D eigenvalue weighted by Crippen LogP contribution is 2.39. The number of fused-ring (bicyclic) bond motifs is 2. The van der Waals surface area contributed by atoms with Crippen molar-refractivity contribution >= 4 is 26.5 Å². The largest absolute Gasteiger partial charge is 0.387 e. The summed E-state index contributed by atoms with van der Waals surface area (Å²) >= 11 is 0. The van der Waals surface area contributed by atoms with Crippen LogP contribution in [0.3, 0.4) is 0 Å². The lowest BCUT2D eigenvalue weighted by molar-refractivity contribution is -0.217. The van der Waals surface area contributed by atoms with Crippen LogP contribution in [-0.4, -0.2) is 177 Å². The molecule has 1 amide bonds. The normalized spacial score (nSPS) is 36.8. The van der Waals surface area contributed by atoms with E-state index in [9.17, 15) is 31.8 Å². The van der Waals surface area contributed by atoms with Gasteiger partial charge in [0, 0.05) is 50.2 Å². The molecule has 7 aliphatic rings. The highest BCUT2D eigenvalue weighted by molar-refractivity contribution is 7.84. The number of rotatable bonds is 11. The second-order valence-corrected chi connectivity index (χ2v) is 20.7. The molecule has 5 N–H and O–H groups in total. The number of nitrogens with two attached hydrogens (primary N) is 1. The molecule has 0 saturated carbocycles. The van der Waals surface area contributed by atoms with Crippen molar-refractivity contribution in [3.8, 4) is 0 Å². The first-order valence-corrected chi connectivity index (χ1v) is 22.5. The number of likely N-dealkylation sites (tertiary alicyclic amines) is 1. The molecule has 0 unspecified atom stereocenters. The van der Waals surface area contributed by atoms with Gasteiger partial charge in [-0.1, -0.05) is 0 Å². The number of nitrogens with one attached hydrogen (secondary N) is 1. The van der Waals surface area contributed by atoms with Crippen LogP contribution in [0.4, 0.5) is 0 Å². The Labute approximate surface area is 340 Å². The van der Waals surface area contributed by atoms with Gasteiger partial charge in [-0.3, -0.25) is 22.9 Å². The number of aliphatic hydroxyl groups excluding tert-OH is 2. The van der Waals surface area contributed by atoms with Gasteiger partial charge in [-0.2, -0.15) is 25.4 Å². The first-order valence-electron chi connectivity index (χ1n) is 19.8. The Hall–Kier alpha value is -1.70. The molecule has 23 heteroatoms. The lowest BCUT2D eigenvalue weighted by atomic mass is 9.90. The number of hydrogen-bond donors (Lipinski definition) is 4. The van der Waals surface area contributed by atoms with E-state index in [1.165, 1.54) is 8.61 Å². The van der Waals surface area contributed by atoms with Gasteiger partial charge in [0.1, 0.15) is 36.6 Å². The zero-order valence-electron chi connectivity index (χ0n) is 34.0. The SMILES string of the molecule is CC1(N)CCN(S(=O)(=O)OC[C@H]2O[C@@H]3OC(C)(C)O[C@@H]3[C@H]2O)CC1.[C-]#[N+][C@@H]1CCCN1C(=O)CNC1(C)CCN(S(=O)(=O)OC[C@H]2O[C@@H]3OC(C)(C)O[C@@H]3[C@H]2O)CC1. The second-order valence-electron chi connectivity index (χ2n) is 17.5. The average molecular weight is 869 g/mol. The Bertz CT molecular complexity index is 1730. The van der Waals surface area contributed by atoms with Gasteiger partial charge in [-0.15, -0.1) is 0 Å². The van der Waals surface area contributed by atoms with Gasteiger partial charge in [0.25, 0.3) is 0 Å². The maximum atomic E-state index is 12.7. The molecule has 0 radical (unpaired) electrons. The highest BCUT2D eigenvalue weighted by atomic mass is 32.2.